The fraction of sp³-hybridized carbons (Fsp3) is 0.500. The maximum absolute atomic E-state index is 12.9. The Hall–Kier alpha value is -3.16. The van der Waals surface area contributed by atoms with Crippen molar-refractivity contribution < 1.29 is 29.1 Å². The highest BCUT2D eigenvalue weighted by molar-refractivity contribution is 7.80. The molecule has 0 aliphatic heterocycles. The van der Waals surface area contributed by atoms with E-state index >= 15 is 0 Å². The van der Waals surface area contributed by atoms with Gasteiger partial charge < -0.3 is 38.3 Å². The number of nitrogens with one attached hydrogen (secondary N) is 3. The van der Waals surface area contributed by atoms with E-state index in [2.05, 4.69) is 28.6 Å². The van der Waals surface area contributed by atoms with Crippen LogP contribution in [0.5, 0.6) is 0 Å². The van der Waals surface area contributed by atoms with E-state index in [-0.39, 0.29) is 18.6 Å². The number of thiol groups is 1. The average molecular weight is 511 g/mol. The third-order valence-corrected chi connectivity index (χ3v) is 5.44. The summed E-state index contributed by atoms with van der Waals surface area (Å²) in [6.07, 6.45) is 0.692. The lowest BCUT2D eigenvalue weighted by Gasteiger charge is -2.24. The molecule has 12 nitrogen and oxygen atoms in total. The lowest BCUT2D eigenvalue weighted by atomic mass is 10.0. The molecule has 0 aromatic heterocycles. The molecule has 35 heavy (non-hydrogen) atoms. The molecule has 0 aliphatic carbocycles. The van der Waals surface area contributed by atoms with Gasteiger partial charge in [-0.2, -0.15) is 12.6 Å². The molecule has 4 amide bonds. The normalized spacial score (nSPS) is 14.1. The average Bonchev–Trinajstić information content (AvgIpc) is 2.82. The minimum absolute atomic E-state index is 0.0153. The molecule has 0 unspecified atom stereocenters. The van der Waals surface area contributed by atoms with Crippen molar-refractivity contribution in [1.29, 1.82) is 0 Å². The van der Waals surface area contributed by atoms with Gasteiger partial charge in [0.25, 0.3) is 0 Å². The van der Waals surface area contributed by atoms with E-state index in [1.165, 1.54) is 0 Å². The summed E-state index contributed by atoms with van der Waals surface area (Å²) in [7, 11) is 0. The Morgan fingerprint density at radius 3 is 2.00 bits per heavy atom. The van der Waals surface area contributed by atoms with Crippen molar-refractivity contribution in [2.75, 3.05) is 12.3 Å². The fourth-order valence-corrected chi connectivity index (χ4v) is 3.29. The third-order valence-electron chi connectivity index (χ3n) is 5.05. The number of carbonyl (C=O) groups is 5. The number of nitrogens with two attached hydrogens (primary N) is 3. The van der Waals surface area contributed by atoms with E-state index in [1.807, 2.05) is 0 Å². The number of aliphatic carboxylic acids is 1. The first kappa shape index (κ1) is 29.9. The first-order valence-corrected chi connectivity index (χ1v) is 11.7. The largest absolute Gasteiger partial charge is 0.480 e. The molecule has 0 saturated heterocycles. The van der Waals surface area contributed by atoms with Crippen molar-refractivity contribution in [3.8, 4) is 0 Å². The maximum atomic E-state index is 12.9. The van der Waals surface area contributed by atoms with Crippen molar-refractivity contribution >= 4 is 42.2 Å². The molecule has 1 aromatic rings. The van der Waals surface area contributed by atoms with Crippen LogP contribution in [0.2, 0.25) is 0 Å². The Kier molecular flexibility index (Phi) is 13.4. The van der Waals surface area contributed by atoms with E-state index in [0.717, 1.165) is 0 Å². The van der Waals surface area contributed by atoms with Crippen LogP contribution in [0.4, 0.5) is 0 Å². The molecule has 0 fully saturated rings. The van der Waals surface area contributed by atoms with Crippen LogP contribution < -0.4 is 33.2 Å². The van der Waals surface area contributed by atoms with Crippen LogP contribution in [0.3, 0.4) is 0 Å². The molecular formula is C22H34N6O6S. The van der Waals surface area contributed by atoms with Crippen LogP contribution in [0.1, 0.15) is 31.2 Å². The Morgan fingerprint density at radius 2 is 1.46 bits per heavy atom. The van der Waals surface area contributed by atoms with Crippen molar-refractivity contribution in [3.63, 3.8) is 0 Å². The van der Waals surface area contributed by atoms with Gasteiger partial charge >= 0.3 is 5.97 Å². The number of carbonyl (C=O) groups excluding carboxylic acids is 4. The summed E-state index contributed by atoms with van der Waals surface area (Å²) in [6.45, 7) is 0.378. The Labute approximate surface area is 209 Å². The molecule has 0 spiro atoms. The predicted molar refractivity (Wildman–Crippen MR) is 132 cm³/mol. The van der Waals surface area contributed by atoms with Gasteiger partial charge in [-0.15, -0.1) is 0 Å². The molecule has 13 heteroatoms. The van der Waals surface area contributed by atoms with Crippen molar-refractivity contribution in [2.24, 2.45) is 17.2 Å². The molecule has 0 aliphatic rings. The quantitative estimate of drug-likeness (QED) is 0.0918. The highest BCUT2D eigenvalue weighted by Crippen LogP contribution is 2.06. The summed E-state index contributed by atoms with van der Waals surface area (Å²) in [6, 6.07) is 3.84. The van der Waals surface area contributed by atoms with Crippen LogP contribution >= 0.6 is 12.6 Å². The zero-order chi connectivity index (χ0) is 26.4. The number of hydrogen-bond donors (Lipinski definition) is 8. The van der Waals surface area contributed by atoms with Gasteiger partial charge in [0.1, 0.15) is 18.1 Å². The number of carboxylic acid groups (broad SMARTS) is 1. The fourth-order valence-electron chi connectivity index (χ4n) is 3.13. The first-order chi connectivity index (χ1) is 16.6. The summed E-state index contributed by atoms with van der Waals surface area (Å²) in [5.41, 5.74) is 17.1. The number of hydrogen-bond acceptors (Lipinski definition) is 8. The minimum Gasteiger partial charge on any atom is -0.480 e. The van der Waals surface area contributed by atoms with Gasteiger partial charge in [-0.25, -0.2) is 4.79 Å². The second-order valence-corrected chi connectivity index (χ2v) is 8.32. The zero-order valence-electron chi connectivity index (χ0n) is 19.3. The SMILES string of the molecule is NCCCC[C@H](NC(=O)[C@@H](N)CS)C(=O)N[C@@H](CC(N)=O)C(=O)N[C@@H](Cc1ccccc1)C(=O)O. The maximum Gasteiger partial charge on any atom is 0.326 e. The monoisotopic (exact) mass is 510 g/mol. The molecule has 4 atom stereocenters. The van der Waals surface area contributed by atoms with Crippen LogP contribution in [-0.2, 0) is 30.4 Å². The lowest BCUT2D eigenvalue weighted by molar-refractivity contribution is -0.142. The van der Waals surface area contributed by atoms with Gasteiger partial charge in [-0.1, -0.05) is 30.3 Å². The van der Waals surface area contributed by atoms with Crippen LogP contribution in [0, 0.1) is 0 Å². The number of benzene rings is 1. The van der Waals surface area contributed by atoms with Gasteiger partial charge in [0.15, 0.2) is 0 Å². The number of rotatable bonds is 16. The van der Waals surface area contributed by atoms with Crippen LogP contribution in [0.25, 0.3) is 0 Å². The summed E-state index contributed by atoms with van der Waals surface area (Å²) in [4.78, 5) is 61.2. The molecule has 194 valence electrons. The lowest BCUT2D eigenvalue weighted by Crippen LogP contribution is -2.58. The summed E-state index contributed by atoms with van der Waals surface area (Å²) in [5, 5.41) is 16.8. The van der Waals surface area contributed by atoms with E-state index in [0.29, 0.717) is 24.9 Å². The van der Waals surface area contributed by atoms with Gasteiger partial charge in [-0.3, -0.25) is 19.2 Å². The van der Waals surface area contributed by atoms with Crippen molar-refractivity contribution in [2.45, 2.75) is 56.3 Å². The molecule has 0 bridgehead atoms. The molecule has 0 heterocycles. The minimum atomic E-state index is -1.45. The molecule has 1 aromatic carbocycles. The number of unbranched alkanes of at least 4 members (excludes halogenated alkanes) is 1. The van der Waals surface area contributed by atoms with Gasteiger partial charge in [-0.05, 0) is 31.4 Å². The van der Waals surface area contributed by atoms with Gasteiger partial charge in [0, 0.05) is 12.2 Å². The molecule has 0 saturated carbocycles. The van der Waals surface area contributed by atoms with E-state index in [4.69, 9.17) is 17.2 Å². The second-order valence-electron chi connectivity index (χ2n) is 7.96. The second kappa shape index (κ2) is 15.7. The highest BCUT2D eigenvalue weighted by atomic mass is 32.1. The molecular weight excluding hydrogens is 476 g/mol. The summed E-state index contributed by atoms with van der Waals surface area (Å²) in [5.74, 6) is -4.40. The molecule has 0 radical (unpaired) electrons. The van der Waals surface area contributed by atoms with Crippen molar-refractivity contribution in [1.82, 2.24) is 16.0 Å². The Bertz CT molecular complexity index is 871. The van der Waals surface area contributed by atoms with E-state index in [1.54, 1.807) is 30.3 Å². The molecule has 10 N–H and O–H groups in total. The van der Waals surface area contributed by atoms with E-state index in [9.17, 15) is 29.1 Å². The van der Waals surface area contributed by atoms with Gasteiger partial charge in [0.2, 0.25) is 23.6 Å². The Morgan fingerprint density at radius 1 is 0.886 bits per heavy atom. The van der Waals surface area contributed by atoms with Gasteiger partial charge in [0.05, 0.1) is 12.5 Å². The standard InChI is InChI=1S/C22H34N6O6S/c23-9-5-4-8-15(26-19(30)14(24)12-35)20(31)27-16(11-18(25)29)21(32)28-17(22(33)34)10-13-6-2-1-3-7-13/h1-3,6-7,14-17,35H,4-5,8-12,23-24H2,(H2,25,29)(H,26,30)(H,27,31)(H,28,32)(H,33,34)/t14-,15-,16-,17-/m0/s1. The zero-order valence-corrected chi connectivity index (χ0v) is 20.2. The third kappa shape index (κ3) is 11.2. The number of primary amides is 1. The smallest absolute Gasteiger partial charge is 0.326 e. The van der Waals surface area contributed by atoms with Crippen LogP contribution in [0.15, 0.2) is 30.3 Å². The van der Waals surface area contributed by atoms with Crippen molar-refractivity contribution in [3.05, 3.63) is 35.9 Å². The molecule has 1 rings (SSSR count). The summed E-state index contributed by atoms with van der Waals surface area (Å²) < 4.78 is 0. The number of amides is 4. The number of carboxylic acids is 1. The van der Waals surface area contributed by atoms with Crippen LogP contribution in [-0.4, -0.2) is 71.2 Å². The topological polar surface area (TPSA) is 220 Å². The first-order valence-electron chi connectivity index (χ1n) is 11.1. The predicted octanol–water partition coefficient (Wildman–Crippen LogP) is -1.97. The highest BCUT2D eigenvalue weighted by Gasteiger charge is 2.31. The Balaban J connectivity index is 2.99. The van der Waals surface area contributed by atoms with E-state index < -0.39 is 60.2 Å². The summed E-state index contributed by atoms with van der Waals surface area (Å²) >= 11 is 3.96.